The monoisotopic (exact) mass is 330 g/mol. The van der Waals surface area contributed by atoms with Gasteiger partial charge in [-0.15, -0.1) is 0 Å². The Morgan fingerprint density at radius 1 is 1.26 bits per heavy atom. The third-order valence-electron chi connectivity index (χ3n) is 4.78. The number of aryl methyl sites for hydroxylation is 1. The van der Waals surface area contributed by atoms with Crippen molar-refractivity contribution in [2.24, 2.45) is 5.73 Å². The van der Waals surface area contributed by atoms with Gasteiger partial charge in [0.1, 0.15) is 5.75 Å². The van der Waals surface area contributed by atoms with E-state index in [-0.39, 0.29) is 12.0 Å². The van der Waals surface area contributed by atoms with Gasteiger partial charge < -0.3 is 10.5 Å². The van der Waals surface area contributed by atoms with Gasteiger partial charge in [0.05, 0.1) is 7.11 Å². The maximum absolute atomic E-state index is 6.59. The van der Waals surface area contributed by atoms with Crippen LogP contribution >= 0.6 is 11.6 Å². The predicted molar refractivity (Wildman–Crippen MR) is 95.5 cm³/mol. The van der Waals surface area contributed by atoms with E-state index in [2.05, 4.69) is 37.1 Å². The van der Waals surface area contributed by atoms with Gasteiger partial charge in [-0.05, 0) is 37.2 Å². The topological polar surface area (TPSA) is 38.5 Å². The molecule has 1 aliphatic rings. The molecule has 0 fully saturated rings. The van der Waals surface area contributed by atoms with Crippen LogP contribution in [0.2, 0.25) is 5.02 Å². The first-order valence-corrected chi connectivity index (χ1v) is 8.27. The fraction of sp³-hybridized carbons (Fsp3) is 0.368. The van der Waals surface area contributed by atoms with Crippen LogP contribution in [-0.4, -0.2) is 32.1 Å². The molecule has 2 unspecified atom stereocenters. The summed E-state index contributed by atoms with van der Waals surface area (Å²) in [7, 11) is 3.84. The third-order valence-corrected chi connectivity index (χ3v) is 5.11. The van der Waals surface area contributed by atoms with Gasteiger partial charge in [0, 0.05) is 35.6 Å². The first kappa shape index (κ1) is 16.3. The number of nitrogens with two attached hydrogens (primary N) is 1. The second-order valence-corrected chi connectivity index (χ2v) is 6.64. The highest BCUT2D eigenvalue weighted by molar-refractivity contribution is 6.31. The molecule has 2 atom stereocenters. The molecule has 1 heterocycles. The number of likely N-dealkylation sites (N-methyl/N-ethyl adjacent to an activating group) is 1. The van der Waals surface area contributed by atoms with Crippen LogP contribution in [0.4, 0.5) is 0 Å². The molecule has 0 aromatic heterocycles. The van der Waals surface area contributed by atoms with Crippen molar-refractivity contribution in [2.75, 3.05) is 27.2 Å². The molecule has 0 saturated heterocycles. The Morgan fingerprint density at radius 2 is 2.04 bits per heavy atom. The van der Waals surface area contributed by atoms with Crippen molar-refractivity contribution in [3.05, 3.63) is 63.7 Å². The first-order valence-electron chi connectivity index (χ1n) is 7.90. The Labute approximate surface area is 143 Å². The van der Waals surface area contributed by atoms with Crippen LogP contribution < -0.4 is 10.5 Å². The maximum Gasteiger partial charge on any atom is 0.122 e. The van der Waals surface area contributed by atoms with Crippen LogP contribution in [0.25, 0.3) is 0 Å². The number of halogens is 1. The highest BCUT2D eigenvalue weighted by Crippen LogP contribution is 2.44. The van der Waals surface area contributed by atoms with Gasteiger partial charge in [-0.1, -0.05) is 41.4 Å². The van der Waals surface area contributed by atoms with Crippen molar-refractivity contribution in [3.63, 3.8) is 0 Å². The lowest BCUT2D eigenvalue weighted by molar-refractivity contribution is 0.222. The maximum atomic E-state index is 6.59. The summed E-state index contributed by atoms with van der Waals surface area (Å²) in [6, 6.07) is 12.6. The second kappa shape index (κ2) is 6.52. The molecular weight excluding hydrogens is 308 g/mol. The minimum atomic E-state index is 0.182. The fourth-order valence-electron chi connectivity index (χ4n) is 3.64. The van der Waals surface area contributed by atoms with E-state index in [0.29, 0.717) is 6.54 Å². The van der Waals surface area contributed by atoms with Crippen LogP contribution in [0.15, 0.2) is 36.4 Å². The molecule has 0 aliphatic carbocycles. The molecule has 4 heteroatoms. The Hall–Kier alpha value is -1.55. The number of fused-ring (bicyclic) bond motifs is 1. The van der Waals surface area contributed by atoms with E-state index >= 15 is 0 Å². The number of hydrogen-bond donors (Lipinski definition) is 1. The molecule has 122 valence electrons. The highest BCUT2D eigenvalue weighted by atomic mass is 35.5. The van der Waals surface area contributed by atoms with Crippen molar-refractivity contribution in [1.29, 1.82) is 0 Å². The quantitative estimate of drug-likeness (QED) is 0.931. The van der Waals surface area contributed by atoms with Gasteiger partial charge in [-0.25, -0.2) is 0 Å². The zero-order chi connectivity index (χ0) is 16.6. The van der Waals surface area contributed by atoms with Crippen molar-refractivity contribution in [3.8, 4) is 5.75 Å². The number of nitrogens with zero attached hydrogens (tertiary/aromatic N) is 1. The summed E-state index contributed by atoms with van der Waals surface area (Å²) in [4.78, 5) is 2.31. The number of rotatable bonds is 3. The summed E-state index contributed by atoms with van der Waals surface area (Å²) < 4.78 is 5.61. The molecular formula is C19H23ClN2O. The van der Waals surface area contributed by atoms with Crippen molar-refractivity contribution in [2.45, 2.75) is 18.9 Å². The van der Waals surface area contributed by atoms with E-state index in [0.717, 1.165) is 17.3 Å². The molecule has 0 amide bonds. The molecule has 3 rings (SSSR count). The standard InChI is InChI=1S/C19H23ClN2O/c1-12-7-8-18(23-3)14(9-12)15-11-22(2)17(10-21)13-5-4-6-16(20)19(13)15/h4-9,15,17H,10-11,21H2,1-3H3. The minimum Gasteiger partial charge on any atom is -0.496 e. The van der Waals surface area contributed by atoms with Gasteiger partial charge in [0.25, 0.3) is 0 Å². The van der Waals surface area contributed by atoms with Crippen LogP contribution in [0.5, 0.6) is 5.75 Å². The molecule has 2 N–H and O–H groups in total. The third kappa shape index (κ3) is 2.85. The molecule has 1 aliphatic heterocycles. The normalized spacial score (nSPS) is 21.1. The van der Waals surface area contributed by atoms with E-state index in [4.69, 9.17) is 22.1 Å². The van der Waals surface area contributed by atoms with Crippen LogP contribution in [-0.2, 0) is 0 Å². The van der Waals surface area contributed by atoms with Crippen molar-refractivity contribution < 1.29 is 4.74 Å². The summed E-state index contributed by atoms with van der Waals surface area (Å²) in [6.07, 6.45) is 0. The molecule has 23 heavy (non-hydrogen) atoms. The van der Waals surface area contributed by atoms with Crippen molar-refractivity contribution in [1.82, 2.24) is 4.90 Å². The predicted octanol–water partition coefficient (Wildman–Crippen LogP) is 3.73. The molecule has 2 aromatic rings. The average Bonchev–Trinajstić information content (AvgIpc) is 2.54. The van der Waals surface area contributed by atoms with Gasteiger partial charge in [-0.3, -0.25) is 4.90 Å². The van der Waals surface area contributed by atoms with Gasteiger partial charge in [-0.2, -0.15) is 0 Å². The number of methoxy groups -OCH3 is 1. The van der Waals surface area contributed by atoms with Crippen molar-refractivity contribution >= 4 is 11.6 Å². The largest absolute Gasteiger partial charge is 0.496 e. The number of benzene rings is 2. The van der Waals surface area contributed by atoms with Crippen LogP contribution in [0.3, 0.4) is 0 Å². The molecule has 0 bridgehead atoms. The van der Waals surface area contributed by atoms with E-state index in [1.165, 1.54) is 22.3 Å². The molecule has 2 aromatic carbocycles. The molecule has 0 saturated carbocycles. The van der Waals surface area contributed by atoms with E-state index in [9.17, 15) is 0 Å². The Bertz CT molecular complexity index is 717. The summed E-state index contributed by atoms with van der Waals surface area (Å²) in [5.74, 6) is 1.09. The summed E-state index contributed by atoms with van der Waals surface area (Å²) in [6.45, 7) is 3.56. The Morgan fingerprint density at radius 3 is 2.74 bits per heavy atom. The fourth-order valence-corrected chi connectivity index (χ4v) is 3.96. The zero-order valence-electron chi connectivity index (χ0n) is 13.8. The SMILES string of the molecule is COc1ccc(C)cc1C1CN(C)C(CN)c2cccc(Cl)c21. The lowest BCUT2D eigenvalue weighted by atomic mass is 9.80. The second-order valence-electron chi connectivity index (χ2n) is 6.23. The smallest absolute Gasteiger partial charge is 0.122 e. The molecule has 0 radical (unpaired) electrons. The van der Waals surface area contributed by atoms with Crippen LogP contribution in [0, 0.1) is 6.92 Å². The average molecular weight is 331 g/mol. The number of hydrogen-bond acceptors (Lipinski definition) is 3. The summed E-state index contributed by atoms with van der Waals surface area (Å²) >= 11 is 6.59. The Kier molecular flexibility index (Phi) is 4.62. The van der Waals surface area contributed by atoms with Gasteiger partial charge in [0.15, 0.2) is 0 Å². The summed E-state index contributed by atoms with van der Waals surface area (Å²) in [5.41, 5.74) is 10.8. The van der Waals surface area contributed by atoms with E-state index in [1.807, 2.05) is 18.2 Å². The lowest BCUT2D eigenvalue weighted by Crippen LogP contribution is -2.39. The van der Waals surface area contributed by atoms with Crippen LogP contribution in [0.1, 0.15) is 34.2 Å². The lowest BCUT2D eigenvalue weighted by Gasteiger charge is -2.39. The van der Waals surface area contributed by atoms with Gasteiger partial charge in [0.2, 0.25) is 0 Å². The molecule has 0 spiro atoms. The number of ether oxygens (including phenoxy) is 1. The Balaban J connectivity index is 2.20. The minimum absolute atomic E-state index is 0.182. The zero-order valence-corrected chi connectivity index (χ0v) is 14.6. The first-order chi connectivity index (χ1) is 11.1. The van der Waals surface area contributed by atoms with Gasteiger partial charge >= 0.3 is 0 Å². The van der Waals surface area contributed by atoms with E-state index < -0.39 is 0 Å². The summed E-state index contributed by atoms with van der Waals surface area (Å²) in [5, 5.41) is 0.808. The molecule has 3 nitrogen and oxygen atoms in total. The highest BCUT2D eigenvalue weighted by Gasteiger charge is 2.34. The van der Waals surface area contributed by atoms with E-state index in [1.54, 1.807) is 7.11 Å².